The van der Waals surface area contributed by atoms with Gasteiger partial charge in [-0.25, -0.2) is 0 Å². The molecule has 1 atom stereocenters. The highest BCUT2D eigenvalue weighted by Crippen LogP contribution is 2.12. The number of rotatable bonds is 7. The first kappa shape index (κ1) is 13.8. The predicted octanol–water partition coefficient (Wildman–Crippen LogP) is 2.08. The Balaban J connectivity index is 1.95. The van der Waals surface area contributed by atoms with Crippen molar-refractivity contribution in [2.24, 2.45) is 5.73 Å². The topological polar surface area (TPSA) is 55.9 Å². The molecule has 0 aliphatic rings. The summed E-state index contributed by atoms with van der Waals surface area (Å²) in [5.74, 6) is 0. The van der Waals surface area contributed by atoms with Gasteiger partial charge in [0.25, 0.3) is 0 Å². The highest BCUT2D eigenvalue weighted by molar-refractivity contribution is 5.16. The molecule has 0 saturated carbocycles. The summed E-state index contributed by atoms with van der Waals surface area (Å²) >= 11 is 0. The first-order valence-corrected chi connectivity index (χ1v) is 6.83. The van der Waals surface area contributed by atoms with Gasteiger partial charge in [0.2, 0.25) is 0 Å². The molecule has 2 aromatic rings. The molecular formula is C15H22N4. The Hall–Kier alpha value is -1.65. The molecule has 3 N–H and O–H groups in total. The van der Waals surface area contributed by atoms with E-state index in [-0.39, 0.29) is 6.04 Å². The van der Waals surface area contributed by atoms with E-state index in [1.165, 1.54) is 5.56 Å². The molecule has 19 heavy (non-hydrogen) atoms. The Morgan fingerprint density at radius 1 is 1.32 bits per heavy atom. The number of nitrogens with zero attached hydrogens (tertiary/aromatic N) is 2. The molecule has 4 heteroatoms. The van der Waals surface area contributed by atoms with Gasteiger partial charge >= 0.3 is 0 Å². The van der Waals surface area contributed by atoms with Gasteiger partial charge in [0.1, 0.15) is 0 Å². The molecule has 102 valence electrons. The lowest BCUT2D eigenvalue weighted by molar-refractivity contribution is 0.539. The largest absolute Gasteiger partial charge is 0.329 e. The van der Waals surface area contributed by atoms with Gasteiger partial charge < -0.3 is 11.1 Å². The number of hydrogen-bond donors (Lipinski definition) is 2. The van der Waals surface area contributed by atoms with Crippen molar-refractivity contribution >= 4 is 0 Å². The van der Waals surface area contributed by atoms with Gasteiger partial charge in [-0.2, -0.15) is 5.10 Å². The summed E-state index contributed by atoms with van der Waals surface area (Å²) in [7, 11) is 0. The maximum atomic E-state index is 5.85. The van der Waals surface area contributed by atoms with Crippen LogP contribution in [0.15, 0.2) is 42.7 Å². The van der Waals surface area contributed by atoms with Crippen molar-refractivity contribution < 1.29 is 0 Å². The molecule has 4 nitrogen and oxygen atoms in total. The average molecular weight is 258 g/mol. The summed E-state index contributed by atoms with van der Waals surface area (Å²) in [6.07, 6.45) is 5.08. The molecule has 0 amide bonds. The minimum atomic E-state index is 0.158. The Morgan fingerprint density at radius 3 is 2.79 bits per heavy atom. The lowest BCUT2D eigenvalue weighted by Crippen LogP contribution is -2.27. The zero-order chi connectivity index (χ0) is 13.5. The van der Waals surface area contributed by atoms with E-state index in [4.69, 9.17) is 5.73 Å². The van der Waals surface area contributed by atoms with E-state index in [0.717, 1.165) is 25.1 Å². The number of hydrogen-bond acceptors (Lipinski definition) is 3. The summed E-state index contributed by atoms with van der Waals surface area (Å²) in [5.41, 5.74) is 8.28. The fourth-order valence-electron chi connectivity index (χ4n) is 2.09. The molecule has 1 unspecified atom stereocenters. The van der Waals surface area contributed by atoms with Crippen molar-refractivity contribution in [3.05, 3.63) is 53.9 Å². The van der Waals surface area contributed by atoms with E-state index in [1.807, 2.05) is 29.1 Å². The third kappa shape index (κ3) is 3.91. The number of aryl methyl sites for hydroxylation is 1. The number of nitrogens with one attached hydrogen (secondary N) is 1. The smallest absolute Gasteiger partial charge is 0.0538 e. The molecule has 1 aromatic carbocycles. The predicted molar refractivity (Wildman–Crippen MR) is 77.6 cm³/mol. The molecule has 2 rings (SSSR count). The fraction of sp³-hybridized carbons (Fsp3) is 0.400. The Kier molecular flexibility index (Phi) is 5.12. The second-order valence-corrected chi connectivity index (χ2v) is 4.69. The first-order chi connectivity index (χ1) is 9.33. The van der Waals surface area contributed by atoms with Crippen molar-refractivity contribution in [1.29, 1.82) is 0 Å². The van der Waals surface area contributed by atoms with Crippen LogP contribution in [0.5, 0.6) is 0 Å². The van der Waals surface area contributed by atoms with Crippen LogP contribution >= 0.6 is 0 Å². The van der Waals surface area contributed by atoms with Gasteiger partial charge in [0.15, 0.2) is 0 Å². The second-order valence-electron chi connectivity index (χ2n) is 4.69. The molecule has 1 heterocycles. The normalized spacial score (nSPS) is 12.5. The zero-order valence-corrected chi connectivity index (χ0v) is 11.4. The number of nitrogens with two attached hydrogens (primary N) is 1. The number of benzene rings is 1. The van der Waals surface area contributed by atoms with Gasteiger partial charge in [0, 0.05) is 37.4 Å². The standard InChI is InChI=1S/C15H22N4/c1-2-8-19-12-14(11-18-19)15(9-16)17-10-13-6-4-3-5-7-13/h3-7,11-12,15,17H,2,8-10,16H2,1H3. The van der Waals surface area contributed by atoms with Gasteiger partial charge in [-0.3, -0.25) is 4.68 Å². The van der Waals surface area contributed by atoms with Crippen LogP contribution in [0.3, 0.4) is 0 Å². The average Bonchev–Trinajstić information content (AvgIpc) is 2.90. The fourth-order valence-corrected chi connectivity index (χ4v) is 2.09. The van der Waals surface area contributed by atoms with E-state index < -0.39 is 0 Å². The summed E-state index contributed by atoms with van der Waals surface area (Å²) in [5, 5.41) is 7.83. The molecule has 1 aromatic heterocycles. The van der Waals surface area contributed by atoms with Gasteiger partial charge in [-0.1, -0.05) is 37.3 Å². The maximum absolute atomic E-state index is 5.85. The monoisotopic (exact) mass is 258 g/mol. The van der Waals surface area contributed by atoms with E-state index in [2.05, 4.69) is 35.7 Å². The highest BCUT2D eigenvalue weighted by Gasteiger charge is 2.11. The van der Waals surface area contributed by atoms with Crippen LogP contribution in [0.4, 0.5) is 0 Å². The highest BCUT2D eigenvalue weighted by atomic mass is 15.3. The first-order valence-electron chi connectivity index (χ1n) is 6.83. The second kappa shape index (κ2) is 7.07. The summed E-state index contributed by atoms with van der Waals surface area (Å²) in [6.45, 7) is 4.50. The molecule has 0 fully saturated rings. The Bertz CT molecular complexity index is 478. The summed E-state index contributed by atoms with van der Waals surface area (Å²) in [6, 6.07) is 10.5. The zero-order valence-electron chi connectivity index (χ0n) is 11.4. The van der Waals surface area contributed by atoms with Crippen molar-refractivity contribution in [3.63, 3.8) is 0 Å². The molecule has 0 bridgehead atoms. The van der Waals surface area contributed by atoms with Crippen LogP contribution in [0.25, 0.3) is 0 Å². The van der Waals surface area contributed by atoms with E-state index in [9.17, 15) is 0 Å². The molecule has 0 radical (unpaired) electrons. The molecule has 0 saturated heterocycles. The quantitative estimate of drug-likeness (QED) is 0.799. The van der Waals surface area contributed by atoms with Crippen molar-refractivity contribution in [2.75, 3.05) is 6.54 Å². The van der Waals surface area contributed by atoms with Gasteiger partial charge in [-0.05, 0) is 12.0 Å². The third-order valence-corrected chi connectivity index (χ3v) is 3.14. The lowest BCUT2D eigenvalue weighted by atomic mass is 10.1. The number of aromatic nitrogens is 2. The SMILES string of the molecule is CCCn1cc(C(CN)NCc2ccccc2)cn1. The van der Waals surface area contributed by atoms with Crippen LogP contribution in [0.2, 0.25) is 0 Å². The molecular weight excluding hydrogens is 236 g/mol. The Labute approximate surface area is 114 Å². The summed E-state index contributed by atoms with van der Waals surface area (Å²) < 4.78 is 1.97. The minimum Gasteiger partial charge on any atom is -0.329 e. The van der Waals surface area contributed by atoms with E-state index in [0.29, 0.717) is 6.54 Å². The van der Waals surface area contributed by atoms with Gasteiger partial charge in [0.05, 0.1) is 6.20 Å². The third-order valence-electron chi connectivity index (χ3n) is 3.14. The van der Waals surface area contributed by atoms with Crippen LogP contribution in [-0.2, 0) is 13.1 Å². The maximum Gasteiger partial charge on any atom is 0.0538 e. The molecule has 0 aliphatic heterocycles. The molecule has 0 aliphatic carbocycles. The van der Waals surface area contributed by atoms with Crippen LogP contribution in [0.1, 0.15) is 30.5 Å². The molecule has 0 spiro atoms. The van der Waals surface area contributed by atoms with Gasteiger partial charge in [-0.15, -0.1) is 0 Å². The summed E-state index contributed by atoms with van der Waals surface area (Å²) in [4.78, 5) is 0. The van der Waals surface area contributed by atoms with Crippen LogP contribution in [0, 0.1) is 0 Å². The van der Waals surface area contributed by atoms with E-state index in [1.54, 1.807) is 0 Å². The van der Waals surface area contributed by atoms with Crippen molar-refractivity contribution in [3.8, 4) is 0 Å². The Morgan fingerprint density at radius 2 is 2.11 bits per heavy atom. The van der Waals surface area contributed by atoms with E-state index >= 15 is 0 Å². The lowest BCUT2D eigenvalue weighted by Gasteiger charge is -2.15. The van der Waals surface area contributed by atoms with Crippen LogP contribution in [-0.4, -0.2) is 16.3 Å². The van der Waals surface area contributed by atoms with Crippen LogP contribution < -0.4 is 11.1 Å². The minimum absolute atomic E-state index is 0.158. The van der Waals surface area contributed by atoms with Crippen molar-refractivity contribution in [2.45, 2.75) is 32.5 Å². The van der Waals surface area contributed by atoms with Crippen molar-refractivity contribution in [1.82, 2.24) is 15.1 Å².